The first-order chi connectivity index (χ1) is 11.5. The Morgan fingerprint density at radius 2 is 1.71 bits per heavy atom. The maximum Gasteiger partial charge on any atom is 0.239 e. The lowest BCUT2D eigenvalue weighted by atomic mass is 10.1. The van der Waals surface area contributed by atoms with Crippen LogP contribution in [0.15, 0.2) is 16.8 Å². The Kier molecular flexibility index (Phi) is 9.03. The minimum absolute atomic E-state index is 0.104. The van der Waals surface area contributed by atoms with Crippen LogP contribution in [0.1, 0.15) is 32.4 Å². The highest BCUT2D eigenvalue weighted by molar-refractivity contribution is 7.07. The van der Waals surface area contributed by atoms with E-state index < -0.39 is 5.91 Å². The van der Waals surface area contributed by atoms with Crippen LogP contribution in [0.4, 0.5) is 0 Å². The van der Waals surface area contributed by atoms with E-state index in [9.17, 15) is 14.4 Å². The molecular formula is C16H26N4O3S. The van der Waals surface area contributed by atoms with Crippen molar-refractivity contribution in [3.05, 3.63) is 22.4 Å². The molecule has 0 aliphatic rings. The summed E-state index contributed by atoms with van der Waals surface area (Å²) in [6.45, 7) is 7.55. The predicted molar refractivity (Wildman–Crippen MR) is 94.7 cm³/mol. The van der Waals surface area contributed by atoms with Gasteiger partial charge in [-0.1, -0.05) is 13.8 Å². The summed E-state index contributed by atoms with van der Waals surface area (Å²) >= 11 is 1.63. The van der Waals surface area contributed by atoms with Crippen LogP contribution in [0.3, 0.4) is 0 Å². The summed E-state index contributed by atoms with van der Waals surface area (Å²) in [4.78, 5) is 36.4. The van der Waals surface area contributed by atoms with Crippen molar-refractivity contribution in [3.63, 3.8) is 0 Å². The number of nitrogens with zero attached hydrogens (tertiary/aromatic N) is 1. The van der Waals surface area contributed by atoms with E-state index in [0.717, 1.165) is 13.1 Å². The molecule has 24 heavy (non-hydrogen) atoms. The fourth-order valence-electron chi connectivity index (χ4n) is 2.31. The lowest BCUT2D eigenvalue weighted by Crippen LogP contribution is -2.44. The van der Waals surface area contributed by atoms with Gasteiger partial charge < -0.3 is 16.0 Å². The van der Waals surface area contributed by atoms with E-state index in [2.05, 4.69) is 46.1 Å². The van der Waals surface area contributed by atoms with Crippen LogP contribution >= 0.6 is 11.3 Å². The second kappa shape index (κ2) is 10.8. The third-order valence-electron chi connectivity index (χ3n) is 3.62. The molecule has 1 aromatic heterocycles. The Balaban J connectivity index is 2.44. The van der Waals surface area contributed by atoms with E-state index >= 15 is 0 Å². The number of nitrogens with one attached hydrogen (secondary N) is 3. The lowest BCUT2D eigenvalue weighted by Gasteiger charge is -2.29. The molecule has 0 spiro atoms. The van der Waals surface area contributed by atoms with Gasteiger partial charge >= 0.3 is 0 Å². The normalized spacial score (nSPS) is 11.8. The Bertz CT molecular complexity index is 529. The first kappa shape index (κ1) is 20.1. The number of hydrogen-bond donors (Lipinski definition) is 3. The second-order valence-corrected chi connectivity index (χ2v) is 6.06. The number of amides is 3. The minimum atomic E-state index is -0.390. The Morgan fingerprint density at radius 1 is 1.08 bits per heavy atom. The molecule has 0 saturated heterocycles. The molecule has 7 nitrogen and oxygen atoms in total. The van der Waals surface area contributed by atoms with Gasteiger partial charge in [-0.05, 0) is 35.5 Å². The van der Waals surface area contributed by atoms with Gasteiger partial charge in [0.05, 0.1) is 19.1 Å². The van der Waals surface area contributed by atoms with Crippen LogP contribution in [-0.2, 0) is 14.4 Å². The molecule has 0 radical (unpaired) electrons. The molecule has 8 heteroatoms. The Morgan fingerprint density at radius 3 is 2.25 bits per heavy atom. The van der Waals surface area contributed by atoms with E-state index in [-0.39, 0.29) is 30.9 Å². The van der Waals surface area contributed by atoms with Gasteiger partial charge in [0, 0.05) is 13.5 Å². The molecule has 1 aromatic rings. The maximum atomic E-state index is 11.9. The third kappa shape index (κ3) is 7.10. The molecule has 0 bridgehead atoms. The van der Waals surface area contributed by atoms with Crippen molar-refractivity contribution >= 4 is 29.1 Å². The zero-order valence-electron chi connectivity index (χ0n) is 14.4. The highest BCUT2D eigenvalue weighted by Crippen LogP contribution is 2.22. The second-order valence-electron chi connectivity index (χ2n) is 5.28. The van der Waals surface area contributed by atoms with E-state index in [1.807, 2.05) is 5.38 Å². The van der Waals surface area contributed by atoms with Gasteiger partial charge in [0.15, 0.2) is 0 Å². The van der Waals surface area contributed by atoms with E-state index in [4.69, 9.17) is 0 Å². The van der Waals surface area contributed by atoms with Gasteiger partial charge in [0.1, 0.15) is 0 Å². The molecule has 134 valence electrons. The van der Waals surface area contributed by atoms with E-state index in [0.29, 0.717) is 6.54 Å². The van der Waals surface area contributed by atoms with Crippen LogP contribution in [0, 0.1) is 0 Å². The van der Waals surface area contributed by atoms with Gasteiger partial charge in [0.25, 0.3) is 0 Å². The molecule has 0 aliphatic carbocycles. The van der Waals surface area contributed by atoms with Gasteiger partial charge in [0.2, 0.25) is 17.7 Å². The third-order valence-corrected chi connectivity index (χ3v) is 4.32. The first-order valence-electron chi connectivity index (χ1n) is 8.01. The quantitative estimate of drug-likeness (QED) is 0.571. The molecule has 3 amide bonds. The molecule has 1 rings (SSSR count). The molecule has 0 fully saturated rings. The highest BCUT2D eigenvalue weighted by Gasteiger charge is 2.19. The zero-order chi connectivity index (χ0) is 17.9. The molecule has 1 unspecified atom stereocenters. The minimum Gasteiger partial charge on any atom is -0.353 e. The molecule has 0 saturated carbocycles. The summed E-state index contributed by atoms with van der Waals surface area (Å²) in [6.07, 6.45) is 0. The maximum absolute atomic E-state index is 11.9. The Labute approximate surface area is 146 Å². The average molecular weight is 354 g/mol. The molecule has 0 aliphatic heterocycles. The molecular weight excluding hydrogens is 328 g/mol. The average Bonchev–Trinajstić information content (AvgIpc) is 3.08. The number of thiophene rings is 1. The summed E-state index contributed by atoms with van der Waals surface area (Å²) in [5.74, 6) is -0.926. The number of rotatable bonds is 10. The summed E-state index contributed by atoms with van der Waals surface area (Å²) in [5, 5.41) is 11.8. The molecule has 3 N–H and O–H groups in total. The van der Waals surface area contributed by atoms with Gasteiger partial charge in [-0.15, -0.1) is 0 Å². The van der Waals surface area contributed by atoms with Crippen molar-refractivity contribution in [2.24, 2.45) is 0 Å². The fourth-order valence-corrected chi connectivity index (χ4v) is 3.01. The SMILES string of the molecule is CCN(CC)C(CNC(=O)CNC(=O)CNC(C)=O)c1ccsc1. The summed E-state index contributed by atoms with van der Waals surface area (Å²) in [5.41, 5.74) is 1.18. The summed E-state index contributed by atoms with van der Waals surface area (Å²) in [7, 11) is 0. The van der Waals surface area contributed by atoms with E-state index in [1.54, 1.807) is 11.3 Å². The number of carbonyl (C=O) groups is 3. The van der Waals surface area contributed by atoms with Crippen molar-refractivity contribution in [2.75, 3.05) is 32.7 Å². The monoisotopic (exact) mass is 354 g/mol. The van der Waals surface area contributed by atoms with E-state index in [1.165, 1.54) is 12.5 Å². The van der Waals surface area contributed by atoms with Gasteiger partial charge in [-0.25, -0.2) is 0 Å². The summed E-state index contributed by atoms with van der Waals surface area (Å²) in [6, 6.07) is 2.18. The Hall–Kier alpha value is -1.93. The zero-order valence-corrected chi connectivity index (χ0v) is 15.2. The molecule has 1 heterocycles. The topological polar surface area (TPSA) is 90.5 Å². The van der Waals surface area contributed by atoms with Crippen molar-refractivity contribution in [3.8, 4) is 0 Å². The van der Waals surface area contributed by atoms with Gasteiger partial charge in [-0.2, -0.15) is 11.3 Å². The smallest absolute Gasteiger partial charge is 0.239 e. The van der Waals surface area contributed by atoms with Crippen molar-refractivity contribution < 1.29 is 14.4 Å². The largest absolute Gasteiger partial charge is 0.353 e. The summed E-state index contributed by atoms with van der Waals surface area (Å²) < 4.78 is 0. The predicted octanol–water partition coefficient (Wildman–Crippen LogP) is 0.500. The number of carbonyl (C=O) groups excluding carboxylic acids is 3. The van der Waals surface area contributed by atoms with Crippen LogP contribution in [0.25, 0.3) is 0 Å². The molecule has 1 atom stereocenters. The van der Waals surface area contributed by atoms with Crippen molar-refractivity contribution in [1.82, 2.24) is 20.9 Å². The van der Waals surface area contributed by atoms with Crippen LogP contribution in [-0.4, -0.2) is 55.3 Å². The van der Waals surface area contributed by atoms with Crippen LogP contribution in [0.2, 0.25) is 0 Å². The first-order valence-corrected chi connectivity index (χ1v) is 8.96. The lowest BCUT2D eigenvalue weighted by molar-refractivity contribution is -0.127. The van der Waals surface area contributed by atoms with Gasteiger partial charge in [-0.3, -0.25) is 19.3 Å². The molecule has 0 aromatic carbocycles. The number of likely N-dealkylation sites (N-methyl/N-ethyl adjacent to an activating group) is 1. The van der Waals surface area contributed by atoms with Crippen LogP contribution in [0.5, 0.6) is 0 Å². The highest BCUT2D eigenvalue weighted by atomic mass is 32.1. The van der Waals surface area contributed by atoms with Crippen LogP contribution < -0.4 is 16.0 Å². The van der Waals surface area contributed by atoms with Crippen molar-refractivity contribution in [1.29, 1.82) is 0 Å². The standard InChI is InChI=1S/C16H26N4O3S/c1-4-20(5-2)14(13-6-7-24-11-13)8-18-16(23)10-19-15(22)9-17-12(3)21/h6-7,11,14H,4-5,8-10H2,1-3H3,(H,17,21)(H,18,23)(H,19,22). The number of hydrogen-bond acceptors (Lipinski definition) is 5. The van der Waals surface area contributed by atoms with Crippen molar-refractivity contribution in [2.45, 2.75) is 26.8 Å². The fraction of sp³-hybridized carbons (Fsp3) is 0.562.